The molecule has 1 aliphatic heterocycles. The van der Waals surface area contributed by atoms with Crippen LogP contribution in [0.1, 0.15) is 16.1 Å². The van der Waals surface area contributed by atoms with Gasteiger partial charge in [-0.3, -0.25) is 9.78 Å². The lowest BCUT2D eigenvalue weighted by molar-refractivity contribution is 0.0303. The van der Waals surface area contributed by atoms with E-state index in [1.54, 1.807) is 4.90 Å². The molecule has 1 aliphatic rings. The zero-order valence-electron chi connectivity index (χ0n) is 11.2. The Labute approximate surface area is 122 Å². The molecule has 2 heterocycles. The van der Waals surface area contributed by atoms with Crippen LogP contribution >= 0.6 is 11.6 Å². The summed E-state index contributed by atoms with van der Waals surface area (Å²) in [4.78, 5) is 18.7. The van der Waals surface area contributed by atoms with Gasteiger partial charge in [-0.15, -0.1) is 0 Å². The van der Waals surface area contributed by atoms with E-state index in [9.17, 15) is 4.79 Å². The van der Waals surface area contributed by atoms with Crippen molar-refractivity contribution in [2.24, 2.45) is 0 Å². The quantitative estimate of drug-likeness (QED) is 0.811. The molecule has 20 heavy (non-hydrogen) atoms. The van der Waals surface area contributed by atoms with E-state index in [4.69, 9.17) is 16.3 Å². The number of ether oxygens (including phenoxy) is 1. The minimum atomic E-state index is 0.0202. The lowest BCUT2D eigenvalue weighted by Crippen LogP contribution is -2.40. The van der Waals surface area contributed by atoms with Crippen molar-refractivity contribution < 1.29 is 9.53 Å². The number of pyridine rings is 1. The Bertz CT molecular complexity index is 666. The zero-order chi connectivity index (χ0) is 14.1. The first kappa shape index (κ1) is 13.3. The van der Waals surface area contributed by atoms with Gasteiger partial charge in [0.25, 0.3) is 5.91 Å². The largest absolute Gasteiger partial charge is 0.378 e. The van der Waals surface area contributed by atoms with Gasteiger partial charge < -0.3 is 9.64 Å². The maximum absolute atomic E-state index is 12.4. The van der Waals surface area contributed by atoms with Crippen LogP contribution in [-0.4, -0.2) is 42.1 Å². The van der Waals surface area contributed by atoms with E-state index in [0.29, 0.717) is 36.9 Å². The number of aryl methyl sites for hydroxylation is 1. The molecule has 5 heteroatoms. The van der Waals surface area contributed by atoms with Crippen molar-refractivity contribution in [3.63, 3.8) is 0 Å². The van der Waals surface area contributed by atoms with Gasteiger partial charge in [0, 0.05) is 29.7 Å². The number of hydrogen-bond donors (Lipinski definition) is 0. The Morgan fingerprint density at radius 3 is 2.80 bits per heavy atom. The van der Waals surface area contributed by atoms with Gasteiger partial charge in [-0.2, -0.15) is 0 Å². The standard InChI is InChI=1S/C15H15ClN2O2/c1-10-8-13(16)12-9-11(2-3-14(12)17-10)15(19)18-4-6-20-7-5-18/h2-3,8-9H,4-7H2,1H3. The summed E-state index contributed by atoms with van der Waals surface area (Å²) in [6.45, 7) is 4.37. The molecular weight excluding hydrogens is 276 g/mol. The molecule has 2 aromatic rings. The van der Waals surface area contributed by atoms with Crippen molar-refractivity contribution in [2.45, 2.75) is 6.92 Å². The maximum atomic E-state index is 12.4. The van der Waals surface area contributed by atoms with E-state index in [-0.39, 0.29) is 5.91 Å². The Morgan fingerprint density at radius 2 is 2.05 bits per heavy atom. The topological polar surface area (TPSA) is 42.4 Å². The van der Waals surface area contributed by atoms with Gasteiger partial charge in [0.15, 0.2) is 0 Å². The predicted molar refractivity (Wildman–Crippen MR) is 78.2 cm³/mol. The Kier molecular flexibility index (Phi) is 3.59. The van der Waals surface area contributed by atoms with Crippen molar-refractivity contribution in [1.29, 1.82) is 0 Å². The number of carbonyl (C=O) groups excluding carboxylic acids is 1. The van der Waals surface area contributed by atoms with E-state index in [1.165, 1.54) is 0 Å². The third-order valence-electron chi connectivity index (χ3n) is 3.43. The Hall–Kier alpha value is -1.65. The summed E-state index contributed by atoms with van der Waals surface area (Å²) in [6, 6.07) is 7.29. The number of aromatic nitrogens is 1. The average molecular weight is 291 g/mol. The second-order valence-corrected chi connectivity index (χ2v) is 5.29. The molecule has 4 nitrogen and oxygen atoms in total. The summed E-state index contributed by atoms with van der Waals surface area (Å²) in [5.41, 5.74) is 2.33. The molecule has 0 radical (unpaired) electrons. The van der Waals surface area contributed by atoms with Gasteiger partial charge in [-0.25, -0.2) is 0 Å². The lowest BCUT2D eigenvalue weighted by Gasteiger charge is -2.27. The van der Waals surface area contributed by atoms with Crippen LogP contribution in [0.5, 0.6) is 0 Å². The van der Waals surface area contributed by atoms with Crippen LogP contribution < -0.4 is 0 Å². The average Bonchev–Trinajstić information content (AvgIpc) is 2.47. The summed E-state index contributed by atoms with van der Waals surface area (Å²) in [5, 5.41) is 1.44. The van der Waals surface area contributed by atoms with Crippen LogP contribution in [0, 0.1) is 6.92 Å². The smallest absolute Gasteiger partial charge is 0.254 e. The number of rotatable bonds is 1. The van der Waals surface area contributed by atoms with Crippen LogP contribution in [0.3, 0.4) is 0 Å². The molecule has 1 aromatic carbocycles. The number of amides is 1. The van der Waals surface area contributed by atoms with Gasteiger partial charge in [0.2, 0.25) is 0 Å². The Morgan fingerprint density at radius 1 is 1.30 bits per heavy atom. The summed E-state index contributed by atoms with van der Waals surface area (Å²) in [7, 11) is 0. The second kappa shape index (κ2) is 5.38. The Balaban J connectivity index is 1.98. The normalized spacial score (nSPS) is 15.6. The number of halogens is 1. The van der Waals surface area contributed by atoms with Gasteiger partial charge >= 0.3 is 0 Å². The van der Waals surface area contributed by atoms with Crippen LogP contribution in [0.2, 0.25) is 5.02 Å². The molecule has 1 fully saturated rings. The SMILES string of the molecule is Cc1cc(Cl)c2cc(C(=O)N3CCOCC3)ccc2n1. The summed E-state index contributed by atoms with van der Waals surface area (Å²) >= 11 is 6.24. The third kappa shape index (κ3) is 2.49. The molecule has 0 atom stereocenters. The van der Waals surface area contributed by atoms with E-state index in [0.717, 1.165) is 16.6 Å². The van der Waals surface area contributed by atoms with Gasteiger partial charge in [-0.05, 0) is 31.2 Å². The van der Waals surface area contributed by atoms with Crippen molar-refractivity contribution in [3.8, 4) is 0 Å². The molecule has 0 spiro atoms. The molecule has 3 rings (SSSR count). The molecule has 0 aliphatic carbocycles. The lowest BCUT2D eigenvalue weighted by atomic mass is 10.1. The fourth-order valence-corrected chi connectivity index (χ4v) is 2.70. The minimum absolute atomic E-state index is 0.0202. The summed E-state index contributed by atoms with van der Waals surface area (Å²) in [6.07, 6.45) is 0. The van der Waals surface area contributed by atoms with Gasteiger partial charge in [0.1, 0.15) is 0 Å². The van der Waals surface area contributed by atoms with Crippen molar-refractivity contribution in [1.82, 2.24) is 9.88 Å². The maximum Gasteiger partial charge on any atom is 0.254 e. The molecule has 0 saturated carbocycles. The zero-order valence-corrected chi connectivity index (χ0v) is 12.0. The first-order chi connectivity index (χ1) is 9.65. The monoisotopic (exact) mass is 290 g/mol. The fraction of sp³-hybridized carbons (Fsp3) is 0.333. The fourth-order valence-electron chi connectivity index (χ4n) is 2.39. The number of hydrogen-bond acceptors (Lipinski definition) is 3. The van der Waals surface area contributed by atoms with Crippen LogP contribution in [-0.2, 0) is 4.74 Å². The summed E-state index contributed by atoms with van der Waals surface area (Å²) < 4.78 is 5.26. The van der Waals surface area contributed by atoms with Gasteiger partial charge in [-0.1, -0.05) is 11.6 Å². The van der Waals surface area contributed by atoms with Crippen LogP contribution in [0.15, 0.2) is 24.3 Å². The summed E-state index contributed by atoms with van der Waals surface area (Å²) in [5.74, 6) is 0.0202. The molecule has 1 amide bonds. The van der Waals surface area contributed by atoms with Crippen molar-refractivity contribution in [2.75, 3.05) is 26.3 Å². The molecule has 1 aromatic heterocycles. The highest BCUT2D eigenvalue weighted by atomic mass is 35.5. The second-order valence-electron chi connectivity index (χ2n) is 4.88. The highest BCUT2D eigenvalue weighted by Gasteiger charge is 2.19. The number of benzene rings is 1. The molecule has 0 N–H and O–H groups in total. The number of carbonyl (C=O) groups is 1. The van der Waals surface area contributed by atoms with Crippen LogP contribution in [0.25, 0.3) is 10.9 Å². The predicted octanol–water partition coefficient (Wildman–Crippen LogP) is 2.67. The third-order valence-corrected chi connectivity index (χ3v) is 3.74. The highest BCUT2D eigenvalue weighted by molar-refractivity contribution is 6.35. The van der Waals surface area contributed by atoms with Crippen LogP contribution in [0.4, 0.5) is 0 Å². The number of nitrogens with zero attached hydrogens (tertiary/aromatic N) is 2. The van der Waals surface area contributed by atoms with E-state index >= 15 is 0 Å². The minimum Gasteiger partial charge on any atom is -0.378 e. The van der Waals surface area contributed by atoms with E-state index < -0.39 is 0 Å². The number of morpholine rings is 1. The molecular formula is C15H15ClN2O2. The molecule has 0 unspecified atom stereocenters. The van der Waals surface area contributed by atoms with Crippen molar-refractivity contribution >= 4 is 28.4 Å². The number of fused-ring (bicyclic) bond motifs is 1. The molecule has 104 valence electrons. The first-order valence-electron chi connectivity index (χ1n) is 6.59. The van der Waals surface area contributed by atoms with Gasteiger partial charge in [0.05, 0.1) is 23.8 Å². The van der Waals surface area contributed by atoms with Crippen molar-refractivity contribution in [3.05, 3.63) is 40.5 Å². The highest BCUT2D eigenvalue weighted by Crippen LogP contribution is 2.24. The first-order valence-corrected chi connectivity index (χ1v) is 6.97. The van der Waals surface area contributed by atoms with E-state index in [1.807, 2.05) is 31.2 Å². The molecule has 0 bridgehead atoms. The molecule has 1 saturated heterocycles. The van der Waals surface area contributed by atoms with E-state index in [2.05, 4.69) is 4.98 Å².